The zero-order chi connectivity index (χ0) is 24.5. The lowest BCUT2D eigenvalue weighted by Crippen LogP contribution is -2.26. The molecular weight excluding hydrogens is 459 g/mol. The summed E-state index contributed by atoms with van der Waals surface area (Å²) in [5, 5.41) is 2.65. The van der Waals surface area contributed by atoms with Crippen molar-refractivity contribution < 1.29 is 27.1 Å². The molecule has 4 rings (SSSR count). The minimum absolute atomic E-state index is 0.0792. The minimum atomic E-state index is -4.22. The van der Waals surface area contributed by atoms with Gasteiger partial charge in [0.25, 0.3) is 0 Å². The Morgan fingerprint density at radius 3 is 2.29 bits per heavy atom. The molecule has 1 N–H and O–H groups in total. The van der Waals surface area contributed by atoms with Gasteiger partial charge >= 0.3 is 0 Å². The number of halogens is 1. The lowest BCUT2D eigenvalue weighted by molar-refractivity contribution is -0.114. The second-order valence-electron chi connectivity index (χ2n) is 7.49. The number of Topliss-reactive ketones (excluding diaryl/α,β-unsaturated/α-hetero) is 1. The molecule has 0 spiro atoms. The Morgan fingerprint density at radius 2 is 1.68 bits per heavy atom. The van der Waals surface area contributed by atoms with Gasteiger partial charge in [-0.3, -0.25) is 9.59 Å². The molecule has 3 aromatic rings. The van der Waals surface area contributed by atoms with Crippen LogP contribution in [0, 0.1) is 5.82 Å². The topological polar surface area (TPSA) is 92.8 Å². The molecule has 0 saturated heterocycles. The van der Waals surface area contributed by atoms with Crippen LogP contribution in [0.2, 0.25) is 0 Å². The van der Waals surface area contributed by atoms with E-state index in [1.807, 2.05) is 6.92 Å². The minimum Gasteiger partial charge on any atom is -0.494 e. The Bertz CT molecular complexity index is 1400. The maximum atomic E-state index is 14.1. The predicted molar refractivity (Wildman–Crippen MR) is 126 cm³/mol. The second-order valence-corrected chi connectivity index (χ2v) is 9.38. The molecule has 0 atom stereocenters. The second kappa shape index (κ2) is 9.11. The summed E-state index contributed by atoms with van der Waals surface area (Å²) < 4.78 is 46.2. The van der Waals surface area contributed by atoms with Gasteiger partial charge in [-0.2, -0.15) is 0 Å². The number of anilines is 3. The van der Waals surface area contributed by atoms with Crippen LogP contribution in [0.4, 0.5) is 21.5 Å². The fraction of sp³-hybridized carbons (Fsp3) is 0.120. The van der Waals surface area contributed by atoms with Crippen molar-refractivity contribution in [2.45, 2.75) is 18.7 Å². The van der Waals surface area contributed by atoms with Crippen molar-refractivity contribution >= 4 is 38.6 Å². The number of carbonyl (C=O) groups excluding carboxylic acids is 2. The van der Waals surface area contributed by atoms with Crippen LogP contribution >= 0.6 is 0 Å². The fourth-order valence-electron chi connectivity index (χ4n) is 3.60. The molecule has 0 aliphatic carbocycles. The van der Waals surface area contributed by atoms with E-state index >= 15 is 0 Å². The van der Waals surface area contributed by atoms with Crippen LogP contribution in [0.15, 0.2) is 82.7 Å². The lowest BCUT2D eigenvalue weighted by atomic mass is 10.1. The summed E-state index contributed by atoms with van der Waals surface area (Å²) in [5.41, 5.74) is 1.27. The summed E-state index contributed by atoms with van der Waals surface area (Å²) in [7, 11) is -4.22. The Kier molecular flexibility index (Phi) is 6.21. The zero-order valence-electron chi connectivity index (χ0n) is 18.4. The van der Waals surface area contributed by atoms with E-state index in [0.29, 0.717) is 23.7 Å². The van der Waals surface area contributed by atoms with E-state index in [9.17, 15) is 22.4 Å². The third-order valence-electron chi connectivity index (χ3n) is 5.12. The number of hydrogen-bond donors (Lipinski definition) is 1. The number of ketones is 1. The van der Waals surface area contributed by atoms with Gasteiger partial charge in [0.05, 0.1) is 17.2 Å². The third kappa shape index (κ3) is 4.42. The molecule has 0 aromatic heterocycles. The number of hydrogen-bond acceptors (Lipinski definition) is 6. The van der Waals surface area contributed by atoms with E-state index in [1.54, 1.807) is 36.4 Å². The zero-order valence-corrected chi connectivity index (χ0v) is 19.2. The number of ether oxygens (including phenoxy) is 1. The van der Waals surface area contributed by atoms with Gasteiger partial charge in [-0.1, -0.05) is 0 Å². The fourth-order valence-corrected chi connectivity index (χ4v) is 5.12. The van der Waals surface area contributed by atoms with E-state index in [1.165, 1.54) is 30.2 Å². The molecule has 0 radical (unpaired) electrons. The maximum Gasteiger partial charge on any atom is 0.221 e. The Balaban J connectivity index is 1.81. The highest BCUT2D eigenvalue weighted by molar-refractivity contribution is 7.96. The van der Waals surface area contributed by atoms with E-state index in [0.717, 1.165) is 18.2 Å². The number of amides is 1. The summed E-state index contributed by atoms with van der Waals surface area (Å²) in [6.07, 6.45) is 1.20. The molecule has 7 nitrogen and oxygen atoms in total. The highest BCUT2D eigenvalue weighted by Gasteiger charge is 2.36. The summed E-state index contributed by atoms with van der Waals surface area (Å²) in [5.74, 6) is -1.00. The summed E-state index contributed by atoms with van der Waals surface area (Å²) >= 11 is 0. The van der Waals surface area contributed by atoms with Gasteiger partial charge in [0, 0.05) is 30.1 Å². The highest BCUT2D eigenvalue weighted by atomic mass is 32.2. The number of fused-ring (bicyclic) bond motifs is 1. The lowest BCUT2D eigenvalue weighted by Gasteiger charge is -2.29. The molecule has 1 amide bonds. The Labute approximate surface area is 196 Å². The maximum absolute atomic E-state index is 14.1. The molecule has 0 unspecified atom stereocenters. The smallest absolute Gasteiger partial charge is 0.221 e. The molecule has 0 saturated carbocycles. The first-order chi connectivity index (χ1) is 16.2. The number of sulfone groups is 1. The van der Waals surface area contributed by atoms with E-state index < -0.39 is 26.3 Å². The average molecular weight is 481 g/mol. The van der Waals surface area contributed by atoms with E-state index in [-0.39, 0.29) is 22.1 Å². The van der Waals surface area contributed by atoms with Crippen LogP contribution in [-0.2, 0) is 14.6 Å². The van der Waals surface area contributed by atoms with Crippen LogP contribution in [0.5, 0.6) is 5.75 Å². The molecule has 1 aliphatic rings. The van der Waals surface area contributed by atoms with Crippen LogP contribution in [-0.4, -0.2) is 26.7 Å². The first-order valence-corrected chi connectivity index (χ1v) is 11.9. The van der Waals surface area contributed by atoms with E-state index in [4.69, 9.17) is 4.74 Å². The molecule has 0 bridgehead atoms. The average Bonchev–Trinajstić information content (AvgIpc) is 2.80. The van der Waals surface area contributed by atoms with Crippen LogP contribution in [0.25, 0.3) is 0 Å². The van der Waals surface area contributed by atoms with Crippen LogP contribution in [0.3, 0.4) is 0 Å². The largest absolute Gasteiger partial charge is 0.494 e. The van der Waals surface area contributed by atoms with Crippen LogP contribution in [0.1, 0.15) is 24.2 Å². The summed E-state index contributed by atoms with van der Waals surface area (Å²) in [6.45, 7) is 3.66. The van der Waals surface area contributed by atoms with Gasteiger partial charge < -0.3 is 15.0 Å². The van der Waals surface area contributed by atoms with Crippen molar-refractivity contribution in [3.05, 3.63) is 89.2 Å². The summed E-state index contributed by atoms with van der Waals surface area (Å²) in [4.78, 5) is 25.4. The Morgan fingerprint density at radius 1 is 1.00 bits per heavy atom. The van der Waals surface area contributed by atoms with Crippen molar-refractivity contribution in [2.24, 2.45) is 0 Å². The van der Waals surface area contributed by atoms with Crippen molar-refractivity contribution in [2.75, 3.05) is 16.8 Å². The number of rotatable bonds is 6. The van der Waals surface area contributed by atoms with Gasteiger partial charge in [0.2, 0.25) is 21.5 Å². The van der Waals surface area contributed by atoms with Crippen molar-refractivity contribution in [1.82, 2.24) is 0 Å². The van der Waals surface area contributed by atoms with Crippen LogP contribution < -0.4 is 15.0 Å². The van der Waals surface area contributed by atoms with E-state index in [2.05, 4.69) is 5.32 Å². The molecule has 174 valence electrons. The standard InChI is InChI=1S/C25H21FN2O5S/c1-3-33-21-11-4-17(5-12-21)25(30)24-15-28(20-9-7-19(8-10-20)27-16(2)29)22-14-18(26)6-13-23(22)34(24,31)32/h4-15H,3H2,1-2H3,(H,27,29). The SMILES string of the molecule is CCOc1ccc(C(=O)C2=CN(c3ccc(NC(C)=O)cc3)c3cc(F)ccc3S2(=O)=O)cc1. The predicted octanol–water partition coefficient (Wildman–Crippen LogP) is 4.83. The molecular formula is C25H21FN2O5S. The number of allylic oxidation sites excluding steroid dienone is 1. The molecule has 3 aromatic carbocycles. The molecule has 1 aliphatic heterocycles. The van der Waals surface area contributed by atoms with Gasteiger partial charge in [0.1, 0.15) is 16.5 Å². The number of benzene rings is 3. The first kappa shape index (κ1) is 23.2. The van der Waals surface area contributed by atoms with Gasteiger partial charge in [-0.05, 0) is 73.7 Å². The quantitative estimate of drug-likeness (QED) is 0.401. The summed E-state index contributed by atoms with van der Waals surface area (Å²) in [6, 6.07) is 16.0. The number of carbonyl (C=O) groups is 2. The monoisotopic (exact) mass is 480 g/mol. The first-order valence-electron chi connectivity index (χ1n) is 10.4. The highest BCUT2D eigenvalue weighted by Crippen LogP contribution is 2.41. The molecule has 34 heavy (non-hydrogen) atoms. The van der Waals surface area contributed by atoms with Gasteiger partial charge in [0.15, 0.2) is 0 Å². The number of nitrogens with one attached hydrogen (secondary N) is 1. The Hall–Kier alpha value is -3.98. The van der Waals surface area contributed by atoms with Gasteiger partial charge in [-0.25, -0.2) is 12.8 Å². The van der Waals surface area contributed by atoms with Crippen molar-refractivity contribution in [3.63, 3.8) is 0 Å². The number of nitrogens with zero attached hydrogens (tertiary/aromatic N) is 1. The molecule has 1 heterocycles. The van der Waals surface area contributed by atoms with Gasteiger partial charge in [-0.15, -0.1) is 0 Å². The third-order valence-corrected chi connectivity index (χ3v) is 6.92. The molecule has 9 heteroatoms. The molecule has 0 fully saturated rings. The van der Waals surface area contributed by atoms with Crippen molar-refractivity contribution in [3.8, 4) is 5.75 Å². The van der Waals surface area contributed by atoms with Crippen molar-refractivity contribution in [1.29, 1.82) is 0 Å². The normalized spacial score (nSPS) is 14.1.